The van der Waals surface area contributed by atoms with Crippen LogP contribution in [-0.4, -0.2) is 31.3 Å². The van der Waals surface area contributed by atoms with Crippen LogP contribution in [0.1, 0.15) is 12.0 Å². The van der Waals surface area contributed by atoms with Crippen LogP contribution in [0.5, 0.6) is 5.75 Å². The maximum absolute atomic E-state index is 13.0. The normalized spacial score (nSPS) is 10.1. The van der Waals surface area contributed by atoms with Crippen molar-refractivity contribution in [3.63, 3.8) is 0 Å². The number of nitrogens with one attached hydrogen (secondary N) is 1. The van der Waals surface area contributed by atoms with Gasteiger partial charge in [-0.25, -0.2) is 4.39 Å². The number of ether oxygens (including phenoxy) is 1. The molecule has 0 heterocycles. The van der Waals surface area contributed by atoms with Crippen molar-refractivity contribution in [3.05, 3.63) is 29.6 Å². The lowest BCUT2D eigenvalue weighted by molar-refractivity contribution is -0.120. The quantitative estimate of drug-likeness (QED) is 0.727. The van der Waals surface area contributed by atoms with Gasteiger partial charge in [-0.05, 0) is 24.6 Å². The SMILES string of the molecule is COc1ccc(F)cc1CC(=O)NCCCO. The summed E-state index contributed by atoms with van der Waals surface area (Å²) in [6, 6.07) is 4.06. The van der Waals surface area contributed by atoms with Crippen LogP contribution in [0, 0.1) is 5.82 Å². The second-order valence-corrected chi connectivity index (χ2v) is 3.56. The zero-order chi connectivity index (χ0) is 12.7. The summed E-state index contributed by atoms with van der Waals surface area (Å²) in [7, 11) is 1.47. The smallest absolute Gasteiger partial charge is 0.224 e. The Kier molecular flexibility index (Phi) is 5.42. The first-order valence-electron chi connectivity index (χ1n) is 5.37. The Morgan fingerprint density at radius 2 is 2.29 bits per heavy atom. The molecule has 2 N–H and O–H groups in total. The van der Waals surface area contributed by atoms with Crippen LogP contribution in [0.3, 0.4) is 0 Å². The van der Waals surface area contributed by atoms with Gasteiger partial charge in [-0.3, -0.25) is 4.79 Å². The molecule has 17 heavy (non-hydrogen) atoms. The van der Waals surface area contributed by atoms with Gasteiger partial charge in [-0.2, -0.15) is 0 Å². The number of hydrogen-bond donors (Lipinski definition) is 2. The lowest BCUT2D eigenvalue weighted by Gasteiger charge is -2.08. The van der Waals surface area contributed by atoms with Crippen LogP contribution < -0.4 is 10.1 Å². The zero-order valence-corrected chi connectivity index (χ0v) is 9.70. The van der Waals surface area contributed by atoms with Gasteiger partial charge in [-0.1, -0.05) is 0 Å². The fourth-order valence-electron chi connectivity index (χ4n) is 1.43. The first-order valence-corrected chi connectivity index (χ1v) is 5.37. The van der Waals surface area contributed by atoms with E-state index in [1.807, 2.05) is 0 Å². The van der Waals surface area contributed by atoms with E-state index in [0.29, 0.717) is 24.3 Å². The van der Waals surface area contributed by atoms with E-state index in [1.165, 1.54) is 25.3 Å². The van der Waals surface area contributed by atoms with Crippen LogP contribution in [0.15, 0.2) is 18.2 Å². The fraction of sp³-hybridized carbons (Fsp3) is 0.417. The van der Waals surface area contributed by atoms with E-state index in [-0.39, 0.29) is 18.9 Å². The Bertz CT molecular complexity index is 382. The molecule has 0 radical (unpaired) electrons. The molecule has 0 atom stereocenters. The summed E-state index contributed by atoms with van der Waals surface area (Å²) < 4.78 is 18.1. The third kappa shape index (κ3) is 4.40. The van der Waals surface area contributed by atoms with Gasteiger partial charge in [0.15, 0.2) is 0 Å². The Hall–Kier alpha value is -1.62. The molecule has 94 valence electrons. The lowest BCUT2D eigenvalue weighted by atomic mass is 10.1. The highest BCUT2D eigenvalue weighted by Gasteiger charge is 2.09. The molecule has 0 saturated carbocycles. The van der Waals surface area contributed by atoms with Gasteiger partial charge in [0.1, 0.15) is 11.6 Å². The van der Waals surface area contributed by atoms with E-state index >= 15 is 0 Å². The van der Waals surface area contributed by atoms with E-state index < -0.39 is 5.82 Å². The van der Waals surface area contributed by atoms with Gasteiger partial charge in [0.25, 0.3) is 0 Å². The number of aliphatic hydroxyl groups excluding tert-OH is 1. The standard InChI is InChI=1S/C12H16FNO3/c1-17-11-4-3-10(13)7-9(11)8-12(16)14-5-2-6-15/h3-4,7,15H,2,5-6,8H2,1H3,(H,14,16). The number of carbonyl (C=O) groups is 1. The molecule has 1 aromatic rings. The van der Waals surface area contributed by atoms with Crippen LogP contribution in [0.2, 0.25) is 0 Å². The van der Waals surface area contributed by atoms with Gasteiger partial charge >= 0.3 is 0 Å². The second kappa shape index (κ2) is 6.85. The summed E-state index contributed by atoms with van der Waals surface area (Å²) in [4.78, 5) is 11.5. The van der Waals surface area contributed by atoms with Crippen LogP contribution in [0.4, 0.5) is 4.39 Å². The zero-order valence-electron chi connectivity index (χ0n) is 9.70. The molecule has 5 heteroatoms. The third-order valence-corrected chi connectivity index (χ3v) is 2.25. The van der Waals surface area contributed by atoms with Crippen molar-refractivity contribution < 1.29 is 19.0 Å². The number of amides is 1. The molecule has 0 fully saturated rings. The minimum absolute atomic E-state index is 0.0313. The van der Waals surface area contributed by atoms with Crippen molar-refractivity contribution in [1.29, 1.82) is 0 Å². The van der Waals surface area contributed by atoms with Crippen molar-refractivity contribution in [2.45, 2.75) is 12.8 Å². The molecule has 1 amide bonds. The second-order valence-electron chi connectivity index (χ2n) is 3.56. The van der Waals surface area contributed by atoms with Crippen LogP contribution in [-0.2, 0) is 11.2 Å². The average Bonchev–Trinajstić information content (AvgIpc) is 2.29. The predicted molar refractivity (Wildman–Crippen MR) is 61.4 cm³/mol. The Balaban J connectivity index is 2.60. The molecule has 1 rings (SSSR count). The first-order chi connectivity index (χ1) is 8.17. The molecule has 0 aromatic heterocycles. The lowest BCUT2D eigenvalue weighted by Crippen LogP contribution is -2.26. The molecular weight excluding hydrogens is 225 g/mol. The molecular formula is C12H16FNO3. The van der Waals surface area contributed by atoms with Gasteiger partial charge < -0.3 is 15.2 Å². The first kappa shape index (κ1) is 13.4. The number of aliphatic hydroxyl groups is 1. The minimum atomic E-state index is -0.399. The Morgan fingerprint density at radius 3 is 2.94 bits per heavy atom. The fourth-order valence-corrected chi connectivity index (χ4v) is 1.43. The average molecular weight is 241 g/mol. The summed E-state index contributed by atoms with van der Waals surface area (Å²) in [5, 5.41) is 11.2. The van der Waals surface area contributed by atoms with Gasteiger partial charge in [-0.15, -0.1) is 0 Å². The molecule has 0 spiro atoms. The van der Waals surface area contributed by atoms with Crippen molar-refractivity contribution in [2.75, 3.05) is 20.3 Å². The van der Waals surface area contributed by atoms with E-state index in [2.05, 4.69) is 5.32 Å². The number of halogens is 1. The molecule has 0 aliphatic heterocycles. The Labute approximate surface area is 99.4 Å². The van der Waals surface area contributed by atoms with Crippen molar-refractivity contribution in [3.8, 4) is 5.75 Å². The monoisotopic (exact) mass is 241 g/mol. The molecule has 0 aliphatic rings. The summed E-state index contributed by atoms with van der Waals surface area (Å²) in [5.41, 5.74) is 0.508. The molecule has 0 aliphatic carbocycles. The maximum Gasteiger partial charge on any atom is 0.224 e. The van der Waals surface area contributed by atoms with Gasteiger partial charge in [0.2, 0.25) is 5.91 Å². The summed E-state index contributed by atoms with van der Waals surface area (Å²) >= 11 is 0. The highest BCUT2D eigenvalue weighted by molar-refractivity contribution is 5.79. The van der Waals surface area contributed by atoms with Crippen molar-refractivity contribution in [2.24, 2.45) is 0 Å². The maximum atomic E-state index is 13.0. The van der Waals surface area contributed by atoms with Crippen molar-refractivity contribution >= 4 is 5.91 Å². The highest BCUT2D eigenvalue weighted by Crippen LogP contribution is 2.19. The summed E-state index contributed by atoms with van der Waals surface area (Å²) in [6.45, 7) is 0.441. The highest BCUT2D eigenvalue weighted by atomic mass is 19.1. The number of hydrogen-bond acceptors (Lipinski definition) is 3. The van der Waals surface area contributed by atoms with Crippen molar-refractivity contribution in [1.82, 2.24) is 5.32 Å². The third-order valence-electron chi connectivity index (χ3n) is 2.25. The van der Waals surface area contributed by atoms with Crippen LogP contribution in [0.25, 0.3) is 0 Å². The number of carbonyl (C=O) groups excluding carboxylic acids is 1. The molecule has 0 bridgehead atoms. The largest absolute Gasteiger partial charge is 0.496 e. The van der Waals surface area contributed by atoms with Gasteiger partial charge in [0.05, 0.1) is 13.5 Å². The molecule has 0 unspecified atom stereocenters. The van der Waals surface area contributed by atoms with Crippen LogP contribution >= 0.6 is 0 Å². The number of rotatable bonds is 6. The number of methoxy groups -OCH3 is 1. The minimum Gasteiger partial charge on any atom is -0.496 e. The summed E-state index contributed by atoms with van der Waals surface area (Å²) in [6.07, 6.45) is 0.568. The molecule has 0 saturated heterocycles. The van der Waals surface area contributed by atoms with E-state index in [0.717, 1.165) is 0 Å². The topological polar surface area (TPSA) is 58.6 Å². The van der Waals surface area contributed by atoms with E-state index in [4.69, 9.17) is 9.84 Å². The molecule has 4 nitrogen and oxygen atoms in total. The van der Waals surface area contributed by atoms with Gasteiger partial charge in [0, 0.05) is 18.7 Å². The predicted octanol–water partition coefficient (Wildman–Crippen LogP) is 0.875. The molecule has 1 aromatic carbocycles. The summed E-state index contributed by atoms with van der Waals surface area (Å²) in [5.74, 6) is -0.130. The Morgan fingerprint density at radius 1 is 1.53 bits per heavy atom. The van der Waals surface area contributed by atoms with E-state index in [1.54, 1.807) is 0 Å². The number of benzene rings is 1. The van der Waals surface area contributed by atoms with E-state index in [9.17, 15) is 9.18 Å².